The molecule has 0 saturated carbocycles. The average Bonchev–Trinajstić information content (AvgIpc) is 2.85. The fourth-order valence-electron chi connectivity index (χ4n) is 3.93. The third-order valence-corrected chi connectivity index (χ3v) is 5.75. The Bertz CT molecular complexity index is 1380. The summed E-state index contributed by atoms with van der Waals surface area (Å²) in [6, 6.07) is 10.1. The van der Waals surface area contributed by atoms with E-state index in [1.54, 1.807) is 16.7 Å². The summed E-state index contributed by atoms with van der Waals surface area (Å²) in [5, 5.41) is 22.6. The highest BCUT2D eigenvalue weighted by atomic mass is 19.1. The van der Waals surface area contributed by atoms with Gasteiger partial charge in [0.25, 0.3) is 5.56 Å². The molecule has 36 heavy (non-hydrogen) atoms. The van der Waals surface area contributed by atoms with Gasteiger partial charge in [-0.05, 0) is 61.6 Å². The highest BCUT2D eigenvalue weighted by Crippen LogP contribution is 2.27. The number of halogens is 1. The minimum Gasteiger partial charge on any atom is -0.396 e. The molecular formula is C26H32FN5O4. The van der Waals surface area contributed by atoms with Gasteiger partial charge in [0.05, 0.1) is 17.1 Å². The first kappa shape index (κ1) is 27.0. The van der Waals surface area contributed by atoms with Crippen molar-refractivity contribution < 1.29 is 14.6 Å². The molecule has 1 atom stereocenters. The molecule has 0 saturated heterocycles. The maximum Gasteiger partial charge on any atom is 0.349 e. The van der Waals surface area contributed by atoms with Crippen molar-refractivity contribution in [2.75, 3.05) is 18.5 Å². The van der Waals surface area contributed by atoms with Gasteiger partial charge in [-0.25, -0.2) is 14.2 Å². The number of benzene rings is 2. The summed E-state index contributed by atoms with van der Waals surface area (Å²) >= 11 is 0. The van der Waals surface area contributed by atoms with E-state index >= 15 is 0 Å². The van der Waals surface area contributed by atoms with E-state index in [9.17, 15) is 19.1 Å². The molecule has 2 heterocycles. The van der Waals surface area contributed by atoms with Crippen LogP contribution in [0.25, 0.3) is 22.6 Å². The number of nitrogens with one attached hydrogen (secondary N) is 2. The fraction of sp³-hybridized carbons (Fsp3) is 0.385. The predicted molar refractivity (Wildman–Crippen MR) is 138 cm³/mol. The number of aromatic nitrogens is 4. The largest absolute Gasteiger partial charge is 0.396 e. The van der Waals surface area contributed by atoms with E-state index in [1.165, 1.54) is 12.1 Å². The van der Waals surface area contributed by atoms with Crippen molar-refractivity contribution in [1.29, 1.82) is 0 Å². The van der Waals surface area contributed by atoms with E-state index in [1.807, 2.05) is 32.9 Å². The van der Waals surface area contributed by atoms with Gasteiger partial charge in [0.1, 0.15) is 5.82 Å². The Morgan fingerprint density at radius 1 is 1.11 bits per heavy atom. The van der Waals surface area contributed by atoms with Crippen molar-refractivity contribution in [3.8, 4) is 11.5 Å². The van der Waals surface area contributed by atoms with Crippen LogP contribution in [0.2, 0.25) is 0 Å². The second-order valence-corrected chi connectivity index (χ2v) is 8.22. The Labute approximate surface area is 208 Å². The first-order valence-corrected chi connectivity index (χ1v) is 12.1. The van der Waals surface area contributed by atoms with E-state index in [0.717, 1.165) is 16.8 Å². The second-order valence-electron chi connectivity index (χ2n) is 8.22. The first-order chi connectivity index (χ1) is 17.4. The topological polar surface area (TPSA) is 133 Å². The number of nitrogens with zero attached hydrogens (tertiary/aromatic N) is 3. The molecule has 0 amide bonds. The molecule has 0 bridgehead atoms. The first-order valence-electron chi connectivity index (χ1n) is 12.1. The van der Waals surface area contributed by atoms with Crippen LogP contribution in [0.5, 0.6) is 0 Å². The fourth-order valence-corrected chi connectivity index (χ4v) is 3.93. The zero-order chi connectivity index (χ0) is 26.2. The van der Waals surface area contributed by atoms with Crippen LogP contribution >= 0.6 is 0 Å². The van der Waals surface area contributed by atoms with Gasteiger partial charge in [-0.1, -0.05) is 26.0 Å². The highest BCUT2D eigenvalue weighted by molar-refractivity contribution is 5.84. The molecule has 4 rings (SSSR count). The number of aromatic amines is 1. The van der Waals surface area contributed by atoms with Gasteiger partial charge in [0, 0.05) is 25.4 Å². The van der Waals surface area contributed by atoms with Crippen LogP contribution < -0.4 is 16.6 Å². The highest BCUT2D eigenvalue weighted by Gasteiger charge is 2.20. The number of anilines is 1. The molecule has 192 valence electrons. The molecule has 4 N–H and O–H groups in total. The molecule has 2 aliphatic rings. The number of rotatable bonds is 9. The van der Waals surface area contributed by atoms with Crippen LogP contribution in [0.3, 0.4) is 0 Å². The minimum absolute atomic E-state index is 0.0418. The lowest BCUT2D eigenvalue weighted by molar-refractivity contribution is 0.121. The lowest BCUT2D eigenvalue weighted by atomic mass is 10.1. The summed E-state index contributed by atoms with van der Waals surface area (Å²) in [6.07, 6.45) is 0.460. The smallest absolute Gasteiger partial charge is 0.349 e. The van der Waals surface area contributed by atoms with Gasteiger partial charge in [-0.2, -0.15) is 4.98 Å². The van der Waals surface area contributed by atoms with Gasteiger partial charge in [0.2, 0.25) is 0 Å². The van der Waals surface area contributed by atoms with Crippen molar-refractivity contribution in [2.45, 2.75) is 52.7 Å². The molecule has 0 spiro atoms. The second kappa shape index (κ2) is 12.4. The monoisotopic (exact) mass is 497 g/mol. The van der Waals surface area contributed by atoms with Crippen molar-refractivity contribution in [3.63, 3.8) is 0 Å². The number of hydrogen-bond donors (Lipinski definition) is 4. The SMILES string of the molecule is CC.Cc1cc2nc3c(=O)[nH]c(=O)nc-3n(CC[C@H](O)CCO)c2cc1NCCc1ccc(F)cc1. The van der Waals surface area contributed by atoms with E-state index < -0.39 is 17.4 Å². The van der Waals surface area contributed by atoms with Crippen LogP contribution in [-0.4, -0.2) is 49.0 Å². The van der Waals surface area contributed by atoms with Gasteiger partial charge in [-0.3, -0.25) is 9.78 Å². The lowest BCUT2D eigenvalue weighted by Gasteiger charge is -2.20. The van der Waals surface area contributed by atoms with Crippen LogP contribution in [0.1, 0.15) is 37.8 Å². The Hall–Kier alpha value is -3.63. The van der Waals surface area contributed by atoms with Crippen molar-refractivity contribution in [1.82, 2.24) is 19.5 Å². The molecule has 0 fully saturated rings. The molecular weight excluding hydrogens is 465 g/mol. The zero-order valence-corrected chi connectivity index (χ0v) is 20.7. The summed E-state index contributed by atoms with van der Waals surface area (Å²) in [5.74, 6) is -0.136. The normalized spacial score (nSPS) is 11.8. The third-order valence-electron chi connectivity index (χ3n) is 5.75. The van der Waals surface area contributed by atoms with Crippen molar-refractivity contribution in [3.05, 3.63) is 74.2 Å². The summed E-state index contributed by atoms with van der Waals surface area (Å²) in [4.78, 5) is 34.9. The van der Waals surface area contributed by atoms with Gasteiger partial charge in [-0.15, -0.1) is 0 Å². The molecule has 2 aliphatic heterocycles. The maximum atomic E-state index is 13.1. The zero-order valence-electron chi connectivity index (χ0n) is 20.7. The van der Waals surface area contributed by atoms with E-state index in [2.05, 4.69) is 20.3 Å². The Morgan fingerprint density at radius 3 is 2.53 bits per heavy atom. The molecule has 10 heteroatoms. The maximum absolute atomic E-state index is 13.1. The molecule has 2 aromatic carbocycles. The average molecular weight is 498 g/mol. The summed E-state index contributed by atoms with van der Waals surface area (Å²) in [5.41, 5.74) is 2.60. The molecule has 2 aromatic rings. The lowest BCUT2D eigenvalue weighted by Crippen LogP contribution is -2.29. The number of aryl methyl sites for hydroxylation is 2. The van der Waals surface area contributed by atoms with Crippen molar-refractivity contribution >= 4 is 16.7 Å². The van der Waals surface area contributed by atoms with E-state index in [0.29, 0.717) is 30.4 Å². The van der Waals surface area contributed by atoms with Gasteiger partial charge < -0.3 is 20.1 Å². The van der Waals surface area contributed by atoms with Crippen molar-refractivity contribution in [2.24, 2.45) is 0 Å². The number of aliphatic hydroxyl groups excluding tert-OH is 2. The molecule has 0 aliphatic carbocycles. The predicted octanol–water partition coefficient (Wildman–Crippen LogP) is 2.85. The van der Waals surface area contributed by atoms with E-state index in [4.69, 9.17) is 5.11 Å². The van der Waals surface area contributed by atoms with Crippen LogP contribution in [0.15, 0.2) is 46.0 Å². The van der Waals surface area contributed by atoms with Gasteiger partial charge >= 0.3 is 5.69 Å². The summed E-state index contributed by atoms with van der Waals surface area (Å²) in [7, 11) is 0. The van der Waals surface area contributed by atoms with Crippen LogP contribution in [-0.2, 0) is 13.0 Å². The number of hydrogen-bond acceptors (Lipinski definition) is 7. The van der Waals surface area contributed by atoms with E-state index in [-0.39, 0.29) is 36.9 Å². The number of fused-ring (bicyclic) bond motifs is 2. The molecule has 0 radical (unpaired) electrons. The Kier molecular flexibility index (Phi) is 9.26. The standard InChI is InChI=1S/C24H26FN5O4.C2H6/c1-14-12-19-20(13-18(14)26-9-6-15-2-4-16(25)5-3-15)30(10-7-17(32)8-11-31)22-21(27-19)23(33)29-24(34)28-22;1-2/h2-5,12-13,17,26,31-32H,6-11H2,1H3,(H,29,33,34);1-2H3/t17-;/m0./s1. The Morgan fingerprint density at radius 2 is 1.83 bits per heavy atom. The van der Waals surface area contributed by atoms with Crippen LogP contribution in [0.4, 0.5) is 10.1 Å². The number of aliphatic hydroxyl groups is 2. The Balaban J connectivity index is 0.00000176. The molecule has 9 nitrogen and oxygen atoms in total. The molecule has 0 aromatic heterocycles. The van der Waals surface area contributed by atoms with Crippen LogP contribution in [0, 0.1) is 12.7 Å². The third kappa shape index (κ3) is 6.32. The number of H-pyrrole nitrogens is 1. The van der Waals surface area contributed by atoms with Gasteiger partial charge in [0.15, 0.2) is 11.5 Å². The quantitative estimate of drug-likeness (QED) is 0.261. The summed E-state index contributed by atoms with van der Waals surface area (Å²) in [6.45, 7) is 6.65. The molecule has 0 unspecified atom stereocenters. The summed E-state index contributed by atoms with van der Waals surface area (Å²) < 4.78 is 14.8. The minimum atomic E-state index is -0.770.